The van der Waals surface area contributed by atoms with E-state index < -0.39 is 15.1 Å². The number of rotatable bonds is 4. The Bertz CT molecular complexity index is 729. The summed E-state index contributed by atoms with van der Waals surface area (Å²) in [5.41, 5.74) is 6.80. The first kappa shape index (κ1) is 14.6. The van der Waals surface area contributed by atoms with Crippen molar-refractivity contribution in [3.63, 3.8) is 0 Å². The first-order valence-electron chi connectivity index (χ1n) is 6.80. The second-order valence-electron chi connectivity index (χ2n) is 5.30. The Kier molecular flexibility index (Phi) is 3.78. The van der Waals surface area contributed by atoms with Crippen molar-refractivity contribution in [2.24, 2.45) is 11.7 Å². The van der Waals surface area contributed by atoms with Crippen LogP contribution >= 0.6 is 11.6 Å². The molecular formula is C16H16ClNO2S. The summed E-state index contributed by atoms with van der Waals surface area (Å²) in [4.78, 5) is 0.314. The highest BCUT2D eigenvalue weighted by atomic mass is 35.5. The SMILES string of the molecule is NC[C@@H]1[C@@H](c2ccccc2)[C@H]1S(=O)(=O)c1ccc(Cl)cc1. The van der Waals surface area contributed by atoms with Crippen molar-refractivity contribution in [1.82, 2.24) is 0 Å². The lowest BCUT2D eigenvalue weighted by Gasteiger charge is -2.04. The number of hydrogen-bond acceptors (Lipinski definition) is 3. The molecule has 3 nitrogen and oxygen atoms in total. The van der Waals surface area contributed by atoms with Crippen LogP contribution in [-0.4, -0.2) is 20.2 Å². The predicted octanol–water partition coefficient (Wildman–Crippen LogP) is 2.85. The van der Waals surface area contributed by atoms with Crippen LogP contribution in [0.3, 0.4) is 0 Å². The van der Waals surface area contributed by atoms with E-state index in [-0.39, 0.29) is 11.8 Å². The van der Waals surface area contributed by atoms with E-state index in [1.54, 1.807) is 24.3 Å². The Morgan fingerprint density at radius 2 is 1.62 bits per heavy atom. The van der Waals surface area contributed by atoms with E-state index in [0.717, 1.165) is 5.56 Å². The monoisotopic (exact) mass is 321 g/mol. The lowest BCUT2D eigenvalue weighted by atomic mass is 10.1. The summed E-state index contributed by atoms with van der Waals surface area (Å²) in [6.07, 6.45) is 0. The van der Waals surface area contributed by atoms with Crippen LogP contribution in [0.5, 0.6) is 0 Å². The zero-order valence-corrected chi connectivity index (χ0v) is 12.9. The molecule has 1 fully saturated rings. The van der Waals surface area contributed by atoms with Gasteiger partial charge in [-0.15, -0.1) is 0 Å². The molecule has 0 aromatic heterocycles. The average molecular weight is 322 g/mol. The second kappa shape index (κ2) is 5.44. The van der Waals surface area contributed by atoms with Crippen LogP contribution in [0.4, 0.5) is 0 Å². The van der Waals surface area contributed by atoms with Gasteiger partial charge >= 0.3 is 0 Å². The van der Waals surface area contributed by atoms with Crippen LogP contribution in [0, 0.1) is 5.92 Å². The average Bonchev–Trinajstić information content (AvgIpc) is 3.24. The number of halogens is 1. The van der Waals surface area contributed by atoms with Crippen molar-refractivity contribution in [1.29, 1.82) is 0 Å². The summed E-state index contributed by atoms with van der Waals surface area (Å²) in [6.45, 7) is 0.372. The minimum atomic E-state index is -3.38. The molecule has 21 heavy (non-hydrogen) atoms. The lowest BCUT2D eigenvalue weighted by Crippen LogP contribution is -2.13. The third-order valence-corrected chi connectivity index (χ3v) is 6.59. The maximum absolute atomic E-state index is 12.8. The van der Waals surface area contributed by atoms with E-state index in [1.165, 1.54) is 0 Å². The Labute approximate surface area is 129 Å². The summed E-state index contributed by atoms with van der Waals surface area (Å²) >= 11 is 5.82. The van der Waals surface area contributed by atoms with Gasteiger partial charge in [0.15, 0.2) is 9.84 Å². The molecule has 1 aliphatic rings. The Morgan fingerprint density at radius 3 is 2.19 bits per heavy atom. The number of benzene rings is 2. The molecule has 0 amide bonds. The molecule has 0 radical (unpaired) electrons. The van der Waals surface area contributed by atoms with Crippen molar-refractivity contribution < 1.29 is 8.42 Å². The molecule has 2 aromatic rings. The van der Waals surface area contributed by atoms with Gasteiger partial charge in [0.1, 0.15) is 0 Å². The molecule has 1 aliphatic carbocycles. The summed E-state index contributed by atoms with van der Waals surface area (Å²) in [5.74, 6) is -0.0371. The Hall–Kier alpha value is -1.36. The van der Waals surface area contributed by atoms with Gasteiger partial charge in [-0.2, -0.15) is 0 Å². The normalized spacial score (nSPS) is 24.8. The van der Waals surface area contributed by atoms with Gasteiger partial charge in [-0.1, -0.05) is 41.9 Å². The highest BCUT2D eigenvalue weighted by Gasteiger charge is 2.57. The number of hydrogen-bond donors (Lipinski definition) is 1. The summed E-state index contributed by atoms with van der Waals surface area (Å²) in [5, 5.41) is 0.0887. The Balaban J connectivity index is 1.94. The van der Waals surface area contributed by atoms with Crippen LogP contribution in [0.25, 0.3) is 0 Å². The molecule has 3 atom stereocenters. The van der Waals surface area contributed by atoms with Crippen molar-refractivity contribution in [3.05, 3.63) is 65.2 Å². The quantitative estimate of drug-likeness (QED) is 0.942. The molecule has 1 saturated carbocycles. The van der Waals surface area contributed by atoms with Crippen molar-refractivity contribution in [2.45, 2.75) is 16.1 Å². The van der Waals surface area contributed by atoms with Gasteiger partial charge in [0.2, 0.25) is 0 Å². The Morgan fingerprint density at radius 1 is 1.00 bits per heavy atom. The zero-order valence-electron chi connectivity index (χ0n) is 11.3. The first-order valence-corrected chi connectivity index (χ1v) is 8.72. The van der Waals surface area contributed by atoms with Crippen LogP contribution in [0.15, 0.2) is 59.5 Å². The largest absolute Gasteiger partial charge is 0.330 e. The molecular weight excluding hydrogens is 306 g/mol. The fraction of sp³-hybridized carbons (Fsp3) is 0.250. The molecule has 2 aromatic carbocycles. The number of sulfone groups is 1. The van der Waals surface area contributed by atoms with E-state index in [0.29, 0.717) is 16.5 Å². The highest BCUT2D eigenvalue weighted by molar-refractivity contribution is 7.92. The van der Waals surface area contributed by atoms with Crippen molar-refractivity contribution in [2.75, 3.05) is 6.54 Å². The summed E-state index contributed by atoms with van der Waals surface area (Å²) in [7, 11) is -3.38. The van der Waals surface area contributed by atoms with Gasteiger partial charge in [-0.05, 0) is 42.3 Å². The summed E-state index contributed by atoms with van der Waals surface area (Å²) < 4.78 is 25.5. The molecule has 3 rings (SSSR count). The molecule has 0 bridgehead atoms. The van der Waals surface area contributed by atoms with Crippen molar-refractivity contribution in [3.8, 4) is 0 Å². The van der Waals surface area contributed by atoms with E-state index in [2.05, 4.69) is 0 Å². The zero-order chi connectivity index (χ0) is 15.0. The topological polar surface area (TPSA) is 60.2 Å². The molecule has 0 heterocycles. The van der Waals surface area contributed by atoms with Crippen LogP contribution in [0.1, 0.15) is 11.5 Å². The maximum atomic E-state index is 12.8. The van der Waals surface area contributed by atoms with Crippen LogP contribution in [-0.2, 0) is 9.84 Å². The smallest absolute Gasteiger partial charge is 0.182 e. The maximum Gasteiger partial charge on any atom is 0.182 e. The minimum Gasteiger partial charge on any atom is -0.330 e. The van der Waals surface area contributed by atoms with Gasteiger partial charge < -0.3 is 5.73 Å². The predicted molar refractivity (Wildman–Crippen MR) is 84.2 cm³/mol. The summed E-state index contributed by atoms with van der Waals surface area (Å²) in [6, 6.07) is 16.0. The molecule has 110 valence electrons. The van der Waals surface area contributed by atoms with Gasteiger partial charge in [0, 0.05) is 10.9 Å². The van der Waals surface area contributed by atoms with E-state index in [1.807, 2.05) is 30.3 Å². The number of nitrogens with two attached hydrogens (primary N) is 1. The van der Waals surface area contributed by atoms with E-state index >= 15 is 0 Å². The third kappa shape index (κ3) is 2.59. The van der Waals surface area contributed by atoms with E-state index in [9.17, 15) is 8.42 Å². The molecule has 5 heteroatoms. The van der Waals surface area contributed by atoms with Crippen molar-refractivity contribution >= 4 is 21.4 Å². The molecule has 0 spiro atoms. The van der Waals surface area contributed by atoms with Gasteiger partial charge in [0.05, 0.1) is 10.1 Å². The fourth-order valence-corrected chi connectivity index (χ4v) is 5.29. The lowest BCUT2D eigenvalue weighted by molar-refractivity contribution is 0.591. The van der Waals surface area contributed by atoms with Crippen LogP contribution in [0.2, 0.25) is 5.02 Å². The molecule has 0 saturated heterocycles. The highest BCUT2D eigenvalue weighted by Crippen LogP contribution is 2.53. The van der Waals surface area contributed by atoms with Gasteiger partial charge in [-0.25, -0.2) is 8.42 Å². The third-order valence-electron chi connectivity index (χ3n) is 4.05. The minimum absolute atomic E-state index is 0.0168. The molecule has 0 unspecified atom stereocenters. The van der Waals surface area contributed by atoms with Gasteiger partial charge in [0.25, 0.3) is 0 Å². The fourth-order valence-electron chi connectivity index (χ4n) is 2.94. The standard InChI is InChI=1S/C16H16ClNO2S/c17-12-6-8-13(9-7-12)21(19,20)16-14(10-18)15(16)11-4-2-1-3-5-11/h1-9,14-16H,10,18H2/t14-,15-,16+/m1/s1. The molecule has 2 N–H and O–H groups in total. The van der Waals surface area contributed by atoms with Gasteiger partial charge in [-0.3, -0.25) is 0 Å². The molecule has 0 aliphatic heterocycles. The van der Waals surface area contributed by atoms with E-state index in [4.69, 9.17) is 17.3 Å². The first-order chi connectivity index (χ1) is 10.1. The van der Waals surface area contributed by atoms with Crippen LogP contribution < -0.4 is 5.73 Å². The second-order valence-corrected chi connectivity index (χ2v) is 7.84.